The standard InChI is InChI=1S/C17H18BrNO2/c1-11-7-14(18)10-15(8-11)19-12(2)13-3-4-16-17(9-13)21-6-5-20-16/h3-4,7-10,12,19H,5-6H2,1-2H3. The number of rotatable bonds is 3. The molecule has 0 fully saturated rings. The maximum atomic E-state index is 5.64. The van der Waals surface area contributed by atoms with Crippen molar-refractivity contribution in [2.24, 2.45) is 0 Å². The first-order valence-electron chi connectivity index (χ1n) is 7.05. The Balaban J connectivity index is 1.80. The van der Waals surface area contributed by atoms with Crippen molar-refractivity contribution in [3.63, 3.8) is 0 Å². The molecule has 0 saturated carbocycles. The summed E-state index contributed by atoms with van der Waals surface area (Å²) < 4.78 is 12.3. The molecule has 0 saturated heterocycles. The monoisotopic (exact) mass is 347 g/mol. The van der Waals surface area contributed by atoms with Gasteiger partial charge < -0.3 is 14.8 Å². The number of benzene rings is 2. The predicted octanol–water partition coefficient (Wildman–Crippen LogP) is 4.70. The van der Waals surface area contributed by atoms with Gasteiger partial charge in [0.05, 0.1) is 0 Å². The smallest absolute Gasteiger partial charge is 0.161 e. The summed E-state index contributed by atoms with van der Waals surface area (Å²) >= 11 is 3.53. The van der Waals surface area contributed by atoms with Crippen LogP contribution in [0.3, 0.4) is 0 Å². The molecule has 21 heavy (non-hydrogen) atoms. The van der Waals surface area contributed by atoms with Crippen LogP contribution in [-0.4, -0.2) is 13.2 Å². The van der Waals surface area contributed by atoms with Crippen LogP contribution in [0.4, 0.5) is 5.69 Å². The molecule has 1 N–H and O–H groups in total. The quantitative estimate of drug-likeness (QED) is 0.872. The largest absolute Gasteiger partial charge is 0.486 e. The number of aryl methyl sites for hydroxylation is 1. The van der Waals surface area contributed by atoms with Crippen molar-refractivity contribution in [1.29, 1.82) is 0 Å². The Morgan fingerprint density at radius 2 is 1.81 bits per heavy atom. The van der Waals surface area contributed by atoms with Gasteiger partial charge in [0.1, 0.15) is 13.2 Å². The van der Waals surface area contributed by atoms with Crippen LogP contribution in [-0.2, 0) is 0 Å². The zero-order valence-electron chi connectivity index (χ0n) is 12.2. The maximum absolute atomic E-state index is 5.64. The van der Waals surface area contributed by atoms with Gasteiger partial charge >= 0.3 is 0 Å². The molecule has 3 nitrogen and oxygen atoms in total. The Morgan fingerprint density at radius 1 is 1.05 bits per heavy atom. The molecule has 2 aromatic carbocycles. The van der Waals surface area contributed by atoms with Crippen LogP contribution in [0.2, 0.25) is 0 Å². The third kappa shape index (κ3) is 3.32. The number of anilines is 1. The van der Waals surface area contributed by atoms with Gasteiger partial charge in [-0.2, -0.15) is 0 Å². The van der Waals surface area contributed by atoms with E-state index in [2.05, 4.69) is 65.4 Å². The van der Waals surface area contributed by atoms with Crippen molar-refractivity contribution in [3.8, 4) is 11.5 Å². The van der Waals surface area contributed by atoms with E-state index in [1.807, 2.05) is 6.07 Å². The predicted molar refractivity (Wildman–Crippen MR) is 88.3 cm³/mol. The Labute approximate surface area is 133 Å². The van der Waals surface area contributed by atoms with Crippen molar-refractivity contribution in [2.45, 2.75) is 19.9 Å². The summed E-state index contributed by atoms with van der Waals surface area (Å²) in [7, 11) is 0. The van der Waals surface area contributed by atoms with Gasteiger partial charge in [0.25, 0.3) is 0 Å². The van der Waals surface area contributed by atoms with Gasteiger partial charge in [0.2, 0.25) is 0 Å². The van der Waals surface area contributed by atoms with Gasteiger partial charge in [-0.25, -0.2) is 0 Å². The van der Waals surface area contributed by atoms with Crippen molar-refractivity contribution in [2.75, 3.05) is 18.5 Å². The van der Waals surface area contributed by atoms with Gasteiger partial charge in [-0.15, -0.1) is 0 Å². The second kappa shape index (κ2) is 5.98. The van der Waals surface area contributed by atoms with Crippen LogP contribution in [0.5, 0.6) is 11.5 Å². The van der Waals surface area contributed by atoms with Crippen LogP contribution in [0, 0.1) is 6.92 Å². The van der Waals surface area contributed by atoms with Gasteiger partial charge in [-0.3, -0.25) is 0 Å². The highest BCUT2D eigenvalue weighted by atomic mass is 79.9. The van der Waals surface area contributed by atoms with Gasteiger partial charge in [0.15, 0.2) is 11.5 Å². The van der Waals surface area contributed by atoms with E-state index in [9.17, 15) is 0 Å². The summed E-state index contributed by atoms with van der Waals surface area (Å²) in [6.45, 7) is 5.47. The number of hydrogen-bond donors (Lipinski definition) is 1. The van der Waals surface area contributed by atoms with Gasteiger partial charge in [-0.1, -0.05) is 22.0 Å². The van der Waals surface area contributed by atoms with Crippen LogP contribution in [0.15, 0.2) is 40.9 Å². The lowest BCUT2D eigenvalue weighted by atomic mass is 10.1. The van der Waals surface area contributed by atoms with E-state index in [0.717, 1.165) is 21.7 Å². The fourth-order valence-electron chi connectivity index (χ4n) is 2.48. The van der Waals surface area contributed by atoms with Gasteiger partial charge in [0, 0.05) is 16.2 Å². The molecule has 0 bridgehead atoms. The molecule has 1 unspecified atom stereocenters. The first-order chi connectivity index (χ1) is 10.1. The molecular formula is C17H18BrNO2. The van der Waals surface area contributed by atoms with E-state index < -0.39 is 0 Å². The van der Waals surface area contributed by atoms with Crippen LogP contribution in [0.25, 0.3) is 0 Å². The molecule has 1 aliphatic rings. The SMILES string of the molecule is Cc1cc(Br)cc(NC(C)c2ccc3c(c2)OCCO3)c1. The lowest BCUT2D eigenvalue weighted by molar-refractivity contribution is 0.171. The minimum atomic E-state index is 0.189. The Morgan fingerprint density at radius 3 is 2.57 bits per heavy atom. The molecule has 0 spiro atoms. The maximum Gasteiger partial charge on any atom is 0.161 e. The van der Waals surface area contributed by atoms with E-state index in [1.165, 1.54) is 11.1 Å². The molecule has 0 aromatic heterocycles. The summed E-state index contributed by atoms with van der Waals surface area (Å²) in [4.78, 5) is 0. The summed E-state index contributed by atoms with van der Waals surface area (Å²) in [6, 6.07) is 12.6. The molecular weight excluding hydrogens is 330 g/mol. The minimum absolute atomic E-state index is 0.189. The lowest BCUT2D eigenvalue weighted by Crippen LogP contribution is -2.16. The second-order valence-corrected chi connectivity index (χ2v) is 6.20. The van der Waals surface area contributed by atoms with E-state index in [4.69, 9.17) is 9.47 Å². The van der Waals surface area contributed by atoms with Crippen LogP contribution < -0.4 is 14.8 Å². The second-order valence-electron chi connectivity index (χ2n) is 5.29. The number of hydrogen-bond acceptors (Lipinski definition) is 3. The summed E-state index contributed by atoms with van der Waals surface area (Å²) in [5.74, 6) is 1.66. The summed E-state index contributed by atoms with van der Waals surface area (Å²) in [6.07, 6.45) is 0. The fraction of sp³-hybridized carbons (Fsp3) is 0.294. The zero-order valence-corrected chi connectivity index (χ0v) is 13.7. The van der Waals surface area contributed by atoms with E-state index >= 15 is 0 Å². The van der Waals surface area contributed by atoms with Crippen molar-refractivity contribution in [3.05, 3.63) is 52.0 Å². The third-order valence-electron chi connectivity index (χ3n) is 3.49. The average molecular weight is 348 g/mol. The summed E-state index contributed by atoms with van der Waals surface area (Å²) in [5.41, 5.74) is 3.50. The number of nitrogens with one attached hydrogen (secondary N) is 1. The first-order valence-corrected chi connectivity index (χ1v) is 7.84. The van der Waals surface area contributed by atoms with Crippen LogP contribution in [0.1, 0.15) is 24.1 Å². The number of fused-ring (bicyclic) bond motifs is 1. The topological polar surface area (TPSA) is 30.5 Å². The van der Waals surface area contributed by atoms with E-state index in [-0.39, 0.29) is 6.04 Å². The molecule has 4 heteroatoms. The molecule has 1 aliphatic heterocycles. The van der Waals surface area contributed by atoms with Crippen molar-refractivity contribution in [1.82, 2.24) is 0 Å². The summed E-state index contributed by atoms with van der Waals surface area (Å²) in [5, 5.41) is 3.52. The molecule has 0 amide bonds. The molecule has 1 atom stereocenters. The fourth-order valence-corrected chi connectivity index (χ4v) is 3.09. The lowest BCUT2D eigenvalue weighted by Gasteiger charge is -2.21. The van der Waals surface area contributed by atoms with Gasteiger partial charge in [-0.05, 0) is 55.3 Å². The Kier molecular flexibility index (Phi) is 4.06. The molecule has 0 aliphatic carbocycles. The van der Waals surface area contributed by atoms with Crippen LogP contribution >= 0.6 is 15.9 Å². The highest BCUT2D eigenvalue weighted by molar-refractivity contribution is 9.10. The molecule has 0 radical (unpaired) electrons. The molecule has 110 valence electrons. The van der Waals surface area contributed by atoms with E-state index in [0.29, 0.717) is 13.2 Å². The minimum Gasteiger partial charge on any atom is -0.486 e. The number of ether oxygens (including phenoxy) is 2. The first kappa shape index (κ1) is 14.3. The average Bonchev–Trinajstić information content (AvgIpc) is 2.45. The normalized spacial score (nSPS) is 14.6. The third-order valence-corrected chi connectivity index (χ3v) is 3.95. The molecule has 2 aromatic rings. The molecule has 3 rings (SSSR count). The van der Waals surface area contributed by atoms with Crippen molar-refractivity contribution >= 4 is 21.6 Å². The zero-order chi connectivity index (χ0) is 14.8. The Hall–Kier alpha value is -1.68. The number of halogens is 1. The molecule has 1 heterocycles. The highest BCUT2D eigenvalue weighted by Crippen LogP contribution is 2.33. The Bertz CT molecular complexity index is 637. The van der Waals surface area contributed by atoms with E-state index in [1.54, 1.807) is 0 Å². The van der Waals surface area contributed by atoms with Crippen molar-refractivity contribution < 1.29 is 9.47 Å². The highest BCUT2D eigenvalue weighted by Gasteiger charge is 2.14.